The van der Waals surface area contributed by atoms with Crippen molar-refractivity contribution in [1.82, 2.24) is 4.98 Å². The first-order valence-corrected chi connectivity index (χ1v) is 7.08. The lowest BCUT2D eigenvalue weighted by Crippen LogP contribution is -2.15. The number of hydrogen-bond donors (Lipinski definition) is 0. The van der Waals surface area contributed by atoms with Crippen LogP contribution in [0.3, 0.4) is 0 Å². The molecule has 4 nitrogen and oxygen atoms in total. The number of thiazole rings is 1. The van der Waals surface area contributed by atoms with Gasteiger partial charge >= 0.3 is 0 Å². The van der Waals surface area contributed by atoms with Crippen LogP contribution < -0.4 is 9.47 Å². The molecule has 1 aliphatic rings. The summed E-state index contributed by atoms with van der Waals surface area (Å²) >= 11 is 1.47. The molecule has 0 saturated carbocycles. The lowest BCUT2D eigenvalue weighted by atomic mass is 10.1. The molecule has 0 unspecified atom stereocenters. The van der Waals surface area contributed by atoms with E-state index in [-0.39, 0.29) is 0 Å². The van der Waals surface area contributed by atoms with Gasteiger partial charge in [-0.05, 0) is 30.7 Å². The van der Waals surface area contributed by atoms with E-state index in [0.29, 0.717) is 18.8 Å². The summed E-state index contributed by atoms with van der Waals surface area (Å²) in [7, 11) is 0. The van der Waals surface area contributed by atoms with Gasteiger partial charge in [-0.2, -0.15) is 5.26 Å². The highest BCUT2D eigenvalue weighted by atomic mass is 32.1. The first-order chi connectivity index (χ1) is 9.76. The smallest absolute Gasteiger partial charge is 0.161 e. The summed E-state index contributed by atoms with van der Waals surface area (Å²) in [4.78, 5) is 4.34. The van der Waals surface area contributed by atoms with E-state index in [4.69, 9.17) is 9.47 Å². The Bertz CT molecular complexity index is 713. The summed E-state index contributed by atoms with van der Waals surface area (Å²) in [6, 6.07) is 7.85. The molecule has 100 valence electrons. The molecule has 3 rings (SSSR count). The Labute approximate surface area is 120 Å². The quantitative estimate of drug-likeness (QED) is 0.794. The van der Waals surface area contributed by atoms with Crippen LogP contribution in [0.4, 0.5) is 0 Å². The second-order valence-corrected chi connectivity index (χ2v) is 5.23. The molecule has 0 atom stereocenters. The number of aryl methyl sites for hydroxylation is 1. The number of rotatable bonds is 2. The number of ether oxygens (including phenoxy) is 2. The topological polar surface area (TPSA) is 55.1 Å². The fourth-order valence-corrected chi connectivity index (χ4v) is 2.70. The molecular weight excluding hydrogens is 272 g/mol. The van der Waals surface area contributed by atoms with Crippen molar-refractivity contribution < 1.29 is 9.47 Å². The van der Waals surface area contributed by atoms with Gasteiger partial charge in [0.25, 0.3) is 0 Å². The van der Waals surface area contributed by atoms with Crippen LogP contribution in [0.15, 0.2) is 23.6 Å². The maximum absolute atomic E-state index is 9.28. The van der Waals surface area contributed by atoms with Crippen LogP contribution in [0.1, 0.15) is 16.3 Å². The molecule has 5 heteroatoms. The van der Waals surface area contributed by atoms with Crippen LogP contribution >= 0.6 is 11.3 Å². The first-order valence-electron chi connectivity index (χ1n) is 6.20. The van der Waals surface area contributed by atoms with Gasteiger partial charge in [0.15, 0.2) is 11.5 Å². The molecule has 1 aromatic heterocycles. The second kappa shape index (κ2) is 5.35. The van der Waals surface area contributed by atoms with Crippen LogP contribution in [-0.2, 0) is 0 Å². The number of allylic oxidation sites excluding steroid dienone is 1. The lowest BCUT2D eigenvalue weighted by Gasteiger charge is -2.18. The van der Waals surface area contributed by atoms with Gasteiger partial charge < -0.3 is 9.47 Å². The van der Waals surface area contributed by atoms with E-state index < -0.39 is 0 Å². The zero-order chi connectivity index (χ0) is 13.9. The van der Waals surface area contributed by atoms with Gasteiger partial charge in [0.2, 0.25) is 0 Å². The third-order valence-corrected chi connectivity index (χ3v) is 3.84. The fourth-order valence-electron chi connectivity index (χ4n) is 1.94. The first kappa shape index (κ1) is 12.7. The van der Waals surface area contributed by atoms with Gasteiger partial charge in [0.05, 0.1) is 5.57 Å². The Balaban J connectivity index is 1.96. The van der Waals surface area contributed by atoms with Crippen molar-refractivity contribution in [3.8, 4) is 17.6 Å². The molecule has 0 saturated heterocycles. The van der Waals surface area contributed by atoms with Crippen LogP contribution in [0.5, 0.6) is 11.5 Å². The maximum Gasteiger partial charge on any atom is 0.161 e. The number of benzene rings is 1. The second-order valence-electron chi connectivity index (χ2n) is 4.37. The Hall–Kier alpha value is -2.32. The number of nitriles is 1. The van der Waals surface area contributed by atoms with Gasteiger partial charge in [-0.1, -0.05) is 6.07 Å². The summed E-state index contributed by atoms with van der Waals surface area (Å²) in [5.74, 6) is 1.47. The van der Waals surface area contributed by atoms with E-state index in [1.165, 1.54) is 11.3 Å². The van der Waals surface area contributed by atoms with E-state index in [2.05, 4.69) is 11.1 Å². The Morgan fingerprint density at radius 3 is 2.85 bits per heavy atom. The highest BCUT2D eigenvalue weighted by Gasteiger charge is 2.12. The van der Waals surface area contributed by atoms with E-state index in [0.717, 1.165) is 27.8 Å². The monoisotopic (exact) mass is 284 g/mol. The highest BCUT2D eigenvalue weighted by Crippen LogP contribution is 2.32. The molecule has 0 bridgehead atoms. The van der Waals surface area contributed by atoms with Gasteiger partial charge in [-0.15, -0.1) is 11.3 Å². The summed E-state index contributed by atoms with van der Waals surface area (Å²) < 4.78 is 11.0. The minimum absolute atomic E-state index is 0.553. The van der Waals surface area contributed by atoms with Crippen LogP contribution in [0.25, 0.3) is 11.6 Å². The van der Waals surface area contributed by atoms with Gasteiger partial charge in [0, 0.05) is 11.1 Å². The highest BCUT2D eigenvalue weighted by molar-refractivity contribution is 7.11. The van der Waals surface area contributed by atoms with E-state index in [1.807, 2.05) is 36.6 Å². The zero-order valence-corrected chi connectivity index (χ0v) is 11.7. The van der Waals surface area contributed by atoms with Gasteiger partial charge in [-0.25, -0.2) is 4.98 Å². The Morgan fingerprint density at radius 1 is 1.35 bits per heavy atom. The Morgan fingerprint density at radius 2 is 2.15 bits per heavy atom. The van der Waals surface area contributed by atoms with E-state index in [1.54, 1.807) is 0 Å². The molecular formula is C15H12N2O2S. The standard InChI is InChI=1S/C15H12N2O2S/c1-10-9-20-15(17-10)12(8-16)6-11-2-3-13-14(7-11)19-5-4-18-13/h2-3,6-7,9H,4-5H2,1H3/b12-6+. The van der Waals surface area contributed by atoms with Crippen molar-refractivity contribution in [1.29, 1.82) is 5.26 Å². The minimum atomic E-state index is 0.553. The van der Waals surface area contributed by atoms with E-state index in [9.17, 15) is 5.26 Å². The molecule has 0 aliphatic carbocycles. The molecule has 0 fully saturated rings. The third kappa shape index (κ3) is 2.51. The predicted octanol–water partition coefficient (Wildman–Crippen LogP) is 3.29. The average Bonchev–Trinajstić information content (AvgIpc) is 2.91. The minimum Gasteiger partial charge on any atom is -0.486 e. The van der Waals surface area contributed by atoms with Crippen LogP contribution in [-0.4, -0.2) is 18.2 Å². The SMILES string of the molecule is Cc1csc(/C(C#N)=C/c2ccc3c(c2)OCCO3)n1. The molecule has 0 spiro atoms. The number of fused-ring (bicyclic) bond motifs is 1. The third-order valence-electron chi connectivity index (χ3n) is 2.85. The summed E-state index contributed by atoms with van der Waals surface area (Å²) in [5.41, 5.74) is 2.38. The van der Waals surface area contributed by atoms with Crippen LogP contribution in [0.2, 0.25) is 0 Å². The molecule has 1 aliphatic heterocycles. The largest absolute Gasteiger partial charge is 0.486 e. The van der Waals surface area contributed by atoms with Crippen molar-refractivity contribution >= 4 is 23.0 Å². The Kier molecular flexibility index (Phi) is 3.40. The van der Waals surface area contributed by atoms with Crippen molar-refractivity contribution in [2.75, 3.05) is 13.2 Å². The number of nitrogens with zero attached hydrogens (tertiary/aromatic N) is 2. The number of aromatic nitrogens is 1. The predicted molar refractivity (Wildman–Crippen MR) is 77.8 cm³/mol. The lowest BCUT2D eigenvalue weighted by molar-refractivity contribution is 0.171. The normalized spacial score (nSPS) is 13.9. The summed E-state index contributed by atoms with van der Waals surface area (Å²) in [5, 5.41) is 12.0. The maximum atomic E-state index is 9.28. The summed E-state index contributed by atoms with van der Waals surface area (Å²) in [6.45, 7) is 3.04. The van der Waals surface area contributed by atoms with Crippen LogP contribution in [0, 0.1) is 18.3 Å². The summed E-state index contributed by atoms with van der Waals surface area (Å²) in [6.07, 6.45) is 1.82. The molecule has 2 heterocycles. The molecule has 1 aromatic carbocycles. The van der Waals surface area contributed by atoms with Crippen molar-refractivity contribution in [3.63, 3.8) is 0 Å². The molecule has 0 N–H and O–H groups in total. The number of hydrogen-bond acceptors (Lipinski definition) is 5. The van der Waals surface area contributed by atoms with Crippen molar-refractivity contribution in [3.05, 3.63) is 39.8 Å². The average molecular weight is 284 g/mol. The molecule has 20 heavy (non-hydrogen) atoms. The molecule has 0 amide bonds. The van der Waals surface area contributed by atoms with Crippen molar-refractivity contribution in [2.24, 2.45) is 0 Å². The van der Waals surface area contributed by atoms with E-state index >= 15 is 0 Å². The van der Waals surface area contributed by atoms with Gasteiger partial charge in [0.1, 0.15) is 24.3 Å². The molecule has 2 aromatic rings. The fraction of sp³-hybridized carbons (Fsp3) is 0.200. The molecule has 0 radical (unpaired) electrons. The van der Waals surface area contributed by atoms with Gasteiger partial charge in [-0.3, -0.25) is 0 Å². The van der Waals surface area contributed by atoms with Crippen molar-refractivity contribution in [2.45, 2.75) is 6.92 Å². The zero-order valence-electron chi connectivity index (χ0n) is 10.9.